The maximum Gasteiger partial charge on any atom is 0.165 e. The zero-order valence-corrected chi connectivity index (χ0v) is 12.6. The molecule has 6 nitrogen and oxygen atoms in total. The molecule has 0 bridgehead atoms. The molecular formula is C14H16N6S. The van der Waals surface area contributed by atoms with Gasteiger partial charge in [-0.25, -0.2) is 19.9 Å². The van der Waals surface area contributed by atoms with Gasteiger partial charge in [-0.05, 0) is 19.3 Å². The molecule has 0 aromatic carbocycles. The third-order valence-corrected chi connectivity index (χ3v) is 4.80. The predicted molar refractivity (Wildman–Crippen MR) is 82.4 cm³/mol. The van der Waals surface area contributed by atoms with Gasteiger partial charge in [0.05, 0.1) is 12.9 Å². The molecule has 108 valence electrons. The summed E-state index contributed by atoms with van der Waals surface area (Å²) in [6.07, 6.45) is 8.89. The maximum atomic E-state index is 4.47. The van der Waals surface area contributed by atoms with E-state index in [0.29, 0.717) is 12.6 Å². The highest BCUT2D eigenvalue weighted by molar-refractivity contribution is 7.11. The number of anilines is 1. The first-order valence-corrected chi connectivity index (χ1v) is 8.01. The largest absolute Gasteiger partial charge is 0.362 e. The molecule has 3 aromatic rings. The van der Waals surface area contributed by atoms with E-state index in [1.54, 1.807) is 17.7 Å². The van der Waals surface area contributed by atoms with Gasteiger partial charge in [0, 0.05) is 17.1 Å². The van der Waals surface area contributed by atoms with Crippen LogP contribution in [0.3, 0.4) is 0 Å². The van der Waals surface area contributed by atoms with Crippen molar-refractivity contribution in [3.05, 3.63) is 28.7 Å². The molecule has 1 saturated carbocycles. The number of imidazole rings is 1. The van der Waals surface area contributed by atoms with Crippen LogP contribution in [0.25, 0.3) is 11.2 Å². The van der Waals surface area contributed by atoms with E-state index in [9.17, 15) is 0 Å². The minimum atomic E-state index is 0.573. The molecule has 4 rings (SSSR count). The summed E-state index contributed by atoms with van der Waals surface area (Å²) in [5, 5.41) is 4.40. The van der Waals surface area contributed by atoms with E-state index < -0.39 is 0 Å². The van der Waals surface area contributed by atoms with Gasteiger partial charge in [0.15, 0.2) is 11.5 Å². The lowest BCUT2D eigenvalue weighted by Gasteiger charge is -2.04. The van der Waals surface area contributed by atoms with Gasteiger partial charge in [0.25, 0.3) is 0 Å². The average Bonchev–Trinajstić information content (AvgIpc) is 3.10. The maximum absolute atomic E-state index is 4.47. The fourth-order valence-corrected chi connectivity index (χ4v) is 3.16. The van der Waals surface area contributed by atoms with Crippen LogP contribution in [0.1, 0.15) is 35.7 Å². The Morgan fingerprint density at radius 1 is 1.29 bits per heavy atom. The van der Waals surface area contributed by atoms with Crippen molar-refractivity contribution in [3.63, 3.8) is 0 Å². The molecule has 3 aromatic heterocycles. The number of hydrogen-bond acceptors (Lipinski definition) is 6. The normalized spacial score (nSPS) is 14.7. The quantitative estimate of drug-likeness (QED) is 0.784. The molecular weight excluding hydrogens is 284 g/mol. The first-order chi connectivity index (χ1) is 10.3. The molecule has 0 amide bonds. The third kappa shape index (κ3) is 2.37. The van der Waals surface area contributed by atoms with Crippen molar-refractivity contribution in [1.82, 2.24) is 24.5 Å². The van der Waals surface area contributed by atoms with Gasteiger partial charge in [0.2, 0.25) is 0 Å². The zero-order valence-electron chi connectivity index (χ0n) is 11.8. The highest BCUT2D eigenvalue weighted by Crippen LogP contribution is 2.37. The molecule has 1 aliphatic carbocycles. The molecule has 0 atom stereocenters. The van der Waals surface area contributed by atoms with E-state index in [2.05, 4.69) is 36.7 Å². The Labute approximate surface area is 126 Å². The molecule has 7 heteroatoms. The van der Waals surface area contributed by atoms with Crippen molar-refractivity contribution in [1.29, 1.82) is 0 Å². The van der Waals surface area contributed by atoms with Crippen molar-refractivity contribution in [2.24, 2.45) is 0 Å². The lowest BCUT2D eigenvalue weighted by molar-refractivity contribution is 0.756. The molecule has 0 radical (unpaired) electrons. The van der Waals surface area contributed by atoms with E-state index in [-0.39, 0.29) is 0 Å². The molecule has 1 fully saturated rings. The number of aromatic nitrogens is 5. The molecule has 0 aliphatic heterocycles. The van der Waals surface area contributed by atoms with Gasteiger partial charge in [-0.1, -0.05) is 6.92 Å². The minimum absolute atomic E-state index is 0.573. The van der Waals surface area contributed by atoms with Crippen LogP contribution in [0, 0.1) is 0 Å². The second-order valence-corrected chi connectivity index (χ2v) is 6.40. The summed E-state index contributed by atoms with van der Waals surface area (Å²) in [7, 11) is 0. The van der Waals surface area contributed by atoms with Crippen molar-refractivity contribution >= 4 is 28.3 Å². The second-order valence-electron chi connectivity index (χ2n) is 5.20. The summed E-state index contributed by atoms with van der Waals surface area (Å²) in [5.74, 6) is 0.785. The van der Waals surface area contributed by atoms with Crippen LogP contribution in [0.2, 0.25) is 0 Å². The Hall–Kier alpha value is -2.02. The van der Waals surface area contributed by atoms with Crippen molar-refractivity contribution < 1.29 is 0 Å². The van der Waals surface area contributed by atoms with Gasteiger partial charge in [-0.3, -0.25) is 0 Å². The standard InChI is InChI=1S/C14H16N6S/c1-2-10-5-15-11(21-10)6-16-13-12-14(18-7-17-13)20(8-19-12)9-3-4-9/h5,7-9H,2-4,6H2,1H3,(H,16,17,18). The van der Waals surface area contributed by atoms with Crippen LogP contribution in [0.15, 0.2) is 18.9 Å². The van der Waals surface area contributed by atoms with Gasteiger partial charge in [0.1, 0.15) is 16.9 Å². The SMILES string of the molecule is CCc1cnc(CNc2ncnc3c2ncn3C2CC2)s1. The van der Waals surface area contributed by atoms with E-state index in [1.165, 1.54) is 17.7 Å². The van der Waals surface area contributed by atoms with Crippen molar-refractivity contribution in [3.8, 4) is 0 Å². The van der Waals surface area contributed by atoms with Gasteiger partial charge < -0.3 is 9.88 Å². The smallest absolute Gasteiger partial charge is 0.165 e. The first-order valence-electron chi connectivity index (χ1n) is 7.20. The highest BCUT2D eigenvalue weighted by atomic mass is 32.1. The topological polar surface area (TPSA) is 68.5 Å². The average molecular weight is 300 g/mol. The Kier molecular flexibility index (Phi) is 3.07. The van der Waals surface area contributed by atoms with Gasteiger partial charge in [-0.15, -0.1) is 11.3 Å². The molecule has 0 saturated heterocycles. The number of aryl methyl sites for hydroxylation is 1. The number of fused-ring (bicyclic) bond motifs is 1. The highest BCUT2D eigenvalue weighted by Gasteiger charge is 2.26. The summed E-state index contributed by atoms with van der Waals surface area (Å²) in [6, 6.07) is 0.573. The summed E-state index contributed by atoms with van der Waals surface area (Å²) >= 11 is 1.73. The fourth-order valence-electron chi connectivity index (χ4n) is 2.35. The molecule has 0 spiro atoms. The monoisotopic (exact) mass is 300 g/mol. The van der Waals surface area contributed by atoms with Crippen molar-refractivity contribution in [2.45, 2.75) is 38.8 Å². The van der Waals surface area contributed by atoms with Gasteiger partial charge >= 0.3 is 0 Å². The first kappa shape index (κ1) is 12.7. The van der Waals surface area contributed by atoms with Crippen LogP contribution < -0.4 is 5.32 Å². The Bertz CT molecular complexity index is 773. The summed E-state index contributed by atoms with van der Waals surface area (Å²) < 4.78 is 2.15. The molecule has 1 N–H and O–H groups in total. The van der Waals surface area contributed by atoms with Crippen LogP contribution >= 0.6 is 11.3 Å². The van der Waals surface area contributed by atoms with E-state index in [1.807, 2.05) is 12.5 Å². The Morgan fingerprint density at radius 2 is 2.19 bits per heavy atom. The molecule has 1 aliphatic rings. The second kappa shape index (κ2) is 5.07. The number of thiazole rings is 1. The fraction of sp³-hybridized carbons (Fsp3) is 0.429. The lowest BCUT2D eigenvalue weighted by Crippen LogP contribution is -2.03. The summed E-state index contributed by atoms with van der Waals surface area (Å²) in [5.41, 5.74) is 1.76. The lowest BCUT2D eigenvalue weighted by atomic mass is 10.4. The number of rotatable bonds is 5. The van der Waals surface area contributed by atoms with Crippen LogP contribution in [0.4, 0.5) is 5.82 Å². The van der Waals surface area contributed by atoms with Crippen molar-refractivity contribution in [2.75, 3.05) is 5.32 Å². The minimum Gasteiger partial charge on any atom is -0.362 e. The molecule has 3 heterocycles. The van der Waals surface area contributed by atoms with E-state index in [4.69, 9.17) is 0 Å². The van der Waals surface area contributed by atoms with Crippen LogP contribution in [-0.4, -0.2) is 24.5 Å². The number of nitrogens with zero attached hydrogens (tertiary/aromatic N) is 5. The predicted octanol–water partition coefficient (Wildman–Crippen LogP) is 2.79. The third-order valence-electron chi connectivity index (χ3n) is 3.66. The summed E-state index contributed by atoms with van der Waals surface area (Å²) in [6.45, 7) is 2.82. The zero-order chi connectivity index (χ0) is 14.2. The van der Waals surface area contributed by atoms with Gasteiger partial charge in [-0.2, -0.15) is 0 Å². The van der Waals surface area contributed by atoms with E-state index >= 15 is 0 Å². The van der Waals surface area contributed by atoms with E-state index in [0.717, 1.165) is 28.4 Å². The van der Waals surface area contributed by atoms with Crippen LogP contribution in [-0.2, 0) is 13.0 Å². The Balaban J connectivity index is 1.58. The Morgan fingerprint density at radius 3 is 2.95 bits per heavy atom. The molecule has 0 unspecified atom stereocenters. The molecule has 21 heavy (non-hydrogen) atoms. The van der Waals surface area contributed by atoms with Crippen LogP contribution in [0.5, 0.6) is 0 Å². The number of hydrogen-bond donors (Lipinski definition) is 1. The summed E-state index contributed by atoms with van der Waals surface area (Å²) in [4.78, 5) is 18.9. The number of nitrogens with one attached hydrogen (secondary N) is 1.